The summed E-state index contributed by atoms with van der Waals surface area (Å²) in [6, 6.07) is 20.4. The van der Waals surface area contributed by atoms with Gasteiger partial charge in [0.15, 0.2) is 0 Å². The molecule has 0 radical (unpaired) electrons. The monoisotopic (exact) mass is 637 g/mol. The maximum Gasteiger partial charge on any atom is 0.416 e. The van der Waals surface area contributed by atoms with E-state index in [1.54, 1.807) is 47.0 Å². The molecule has 3 aliphatic rings. The van der Waals surface area contributed by atoms with Gasteiger partial charge in [0, 0.05) is 22.5 Å². The second kappa shape index (κ2) is 11.2. The van der Waals surface area contributed by atoms with Crippen LogP contribution in [0.1, 0.15) is 51.7 Å². The van der Waals surface area contributed by atoms with Crippen molar-refractivity contribution in [2.45, 2.75) is 70.0 Å². The van der Waals surface area contributed by atoms with E-state index in [0.717, 1.165) is 24.3 Å². The number of nitrogens with one attached hydrogen (secondary N) is 2. The lowest BCUT2D eigenvalue weighted by molar-refractivity contribution is -0.138. The molecule has 1 saturated heterocycles. The minimum absolute atomic E-state index is 0.152. The zero-order chi connectivity index (χ0) is 33.1. The quantitative estimate of drug-likeness (QED) is 0.153. The molecule has 5 nitrogen and oxygen atoms in total. The van der Waals surface area contributed by atoms with Crippen molar-refractivity contribution in [2.75, 3.05) is 5.32 Å². The SMILES string of the molecule is CC1(C)CC(N=c2cc3n(-c4cccc(C(F)(F)F)c4)c4ccccc4nc-3cc2Nc2cccc(C(F)(F)F)c2)CC(C)(C)N1. The van der Waals surface area contributed by atoms with Crippen LogP contribution in [0.2, 0.25) is 0 Å². The Bertz CT molecular complexity index is 1940. The number of benzene rings is 4. The van der Waals surface area contributed by atoms with Crippen molar-refractivity contribution >= 4 is 22.4 Å². The van der Waals surface area contributed by atoms with Gasteiger partial charge in [0.1, 0.15) is 0 Å². The fraction of sp³-hybridized carbons (Fsp3) is 0.314. The second-order valence-corrected chi connectivity index (χ2v) is 13.1. The van der Waals surface area contributed by atoms with E-state index in [1.165, 1.54) is 18.2 Å². The Hall–Kier alpha value is -4.38. The molecule has 6 rings (SSSR count). The molecule has 1 aliphatic carbocycles. The molecule has 11 heteroatoms. The lowest BCUT2D eigenvalue weighted by Gasteiger charge is -2.45. The lowest BCUT2D eigenvalue weighted by atomic mass is 9.80. The van der Waals surface area contributed by atoms with Crippen LogP contribution in [0.5, 0.6) is 0 Å². The minimum atomic E-state index is -4.55. The van der Waals surface area contributed by atoms with Crippen LogP contribution in [0.4, 0.5) is 37.7 Å². The van der Waals surface area contributed by atoms with Gasteiger partial charge in [-0.05, 0) is 101 Å². The van der Waals surface area contributed by atoms with Crippen molar-refractivity contribution < 1.29 is 26.3 Å². The summed E-state index contributed by atoms with van der Waals surface area (Å²) in [7, 11) is 0. The Kier molecular flexibility index (Phi) is 7.66. The molecule has 0 saturated carbocycles. The standard InChI is InChI=1S/C35H33F6N5/c1-32(2)19-24(20-33(3,4)45-32)43-28-18-31-29(17-27(28)42-23-11-7-9-21(15-23)34(36,37)38)44-26-13-5-6-14-30(26)46(31)25-12-8-10-22(16-25)35(39,40)41/h5-18,24,42,45H,19-20H2,1-4H3. The summed E-state index contributed by atoms with van der Waals surface area (Å²) in [5.41, 5.74) is 0.897. The van der Waals surface area contributed by atoms with Crippen LogP contribution < -0.4 is 16.0 Å². The van der Waals surface area contributed by atoms with E-state index in [0.29, 0.717) is 46.3 Å². The van der Waals surface area contributed by atoms with Gasteiger partial charge >= 0.3 is 12.4 Å². The Balaban J connectivity index is 1.62. The average Bonchev–Trinajstić information content (AvgIpc) is 2.94. The van der Waals surface area contributed by atoms with Crippen LogP contribution in [-0.2, 0) is 12.4 Å². The maximum absolute atomic E-state index is 13.8. The highest BCUT2D eigenvalue weighted by molar-refractivity contribution is 5.84. The number of rotatable bonds is 4. The van der Waals surface area contributed by atoms with Gasteiger partial charge in [0.05, 0.1) is 50.6 Å². The number of para-hydroxylation sites is 2. The van der Waals surface area contributed by atoms with Gasteiger partial charge < -0.3 is 15.2 Å². The third-order valence-electron chi connectivity index (χ3n) is 8.09. The zero-order valence-corrected chi connectivity index (χ0v) is 25.7. The molecule has 0 amide bonds. The van der Waals surface area contributed by atoms with Crippen LogP contribution in [0.15, 0.2) is 89.9 Å². The molecule has 2 aliphatic heterocycles. The topological polar surface area (TPSA) is 54.2 Å². The normalized spacial score (nSPS) is 17.5. The summed E-state index contributed by atoms with van der Waals surface area (Å²) < 4.78 is 83.8. The van der Waals surface area contributed by atoms with Gasteiger partial charge in [-0.25, -0.2) is 4.98 Å². The fourth-order valence-electron chi connectivity index (χ4n) is 6.63. The van der Waals surface area contributed by atoms with Crippen LogP contribution in [0.25, 0.3) is 28.1 Å². The Morgan fingerprint density at radius 3 is 2.09 bits per heavy atom. The molecular formula is C35H33F6N5. The molecule has 240 valence electrons. The molecular weight excluding hydrogens is 604 g/mol. The molecule has 0 unspecified atom stereocenters. The van der Waals surface area contributed by atoms with E-state index in [2.05, 4.69) is 38.3 Å². The van der Waals surface area contributed by atoms with Crippen LogP contribution in [0, 0.1) is 0 Å². The third-order valence-corrected chi connectivity index (χ3v) is 8.09. The smallest absolute Gasteiger partial charge is 0.354 e. The number of hydrogen-bond donors (Lipinski definition) is 2. The predicted molar refractivity (Wildman–Crippen MR) is 167 cm³/mol. The number of aromatic nitrogens is 2. The van der Waals surface area contributed by atoms with Gasteiger partial charge in [-0.1, -0.05) is 24.3 Å². The second-order valence-electron chi connectivity index (χ2n) is 13.1. The molecule has 0 atom stereocenters. The first-order valence-corrected chi connectivity index (χ1v) is 14.9. The molecule has 2 heterocycles. The van der Waals surface area contributed by atoms with Crippen LogP contribution in [0.3, 0.4) is 0 Å². The van der Waals surface area contributed by atoms with E-state index in [1.807, 2.05) is 0 Å². The molecule has 0 aromatic heterocycles. The van der Waals surface area contributed by atoms with Crippen LogP contribution >= 0.6 is 0 Å². The Morgan fingerprint density at radius 2 is 1.41 bits per heavy atom. The number of anilines is 2. The number of piperidine rings is 1. The highest BCUT2D eigenvalue weighted by Crippen LogP contribution is 2.36. The Morgan fingerprint density at radius 1 is 0.783 bits per heavy atom. The summed E-state index contributed by atoms with van der Waals surface area (Å²) in [5, 5.41) is 7.23. The average molecular weight is 638 g/mol. The van der Waals surface area contributed by atoms with E-state index in [9.17, 15) is 26.3 Å². The zero-order valence-electron chi connectivity index (χ0n) is 25.7. The van der Waals surface area contributed by atoms with E-state index < -0.39 is 23.5 Å². The Labute approximate surface area is 262 Å². The highest BCUT2D eigenvalue weighted by atomic mass is 19.4. The number of hydrogen-bond acceptors (Lipinski definition) is 4. The molecule has 46 heavy (non-hydrogen) atoms. The summed E-state index contributed by atoms with van der Waals surface area (Å²) in [6.45, 7) is 8.37. The van der Waals surface area contributed by atoms with Crippen molar-refractivity contribution in [3.05, 3.63) is 101 Å². The largest absolute Gasteiger partial charge is 0.416 e. The van der Waals surface area contributed by atoms with Crippen molar-refractivity contribution in [2.24, 2.45) is 4.99 Å². The highest BCUT2D eigenvalue weighted by Gasteiger charge is 2.38. The first-order chi connectivity index (χ1) is 21.5. The van der Waals surface area contributed by atoms with Crippen molar-refractivity contribution in [3.8, 4) is 17.1 Å². The summed E-state index contributed by atoms with van der Waals surface area (Å²) in [5.74, 6) is 0. The molecule has 3 aromatic rings. The molecule has 1 fully saturated rings. The molecule has 0 bridgehead atoms. The number of fused-ring (bicyclic) bond motifs is 2. The predicted octanol–water partition coefficient (Wildman–Crippen LogP) is 9.12. The molecule has 3 aromatic carbocycles. The van der Waals surface area contributed by atoms with Gasteiger partial charge in [0.2, 0.25) is 0 Å². The van der Waals surface area contributed by atoms with Crippen molar-refractivity contribution in [1.29, 1.82) is 0 Å². The van der Waals surface area contributed by atoms with E-state index >= 15 is 0 Å². The third kappa shape index (κ3) is 6.60. The van der Waals surface area contributed by atoms with Gasteiger partial charge in [-0.3, -0.25) is 4.99 Å². The fourth-order valence-corrected chi connectivity index (χ4v) is 6.63. The van der Waals surface area contributed by atoms with Crippen molar-refractivity contribution in [3.63, 3.8) is 0 Å². The van der Waals surface area contributed by atoms with Crippen LogP contribution in [-0.4, -0.2) is 26.7 Å². The number of halogens is 6. The first kappa shape index (κ1) is 31.6. The number of nitrogens with zero attached hydrogens (tertiary/aromatic N) is 3. The van der Waals surface area contributed by atoms with E-state index in [-0.39, 0.29) is 28.5 Å². The lowest BCUT2D eigenvalue weighted by Crippen LogP contribution is -2.59. The van der Waals surface area contributed by atoms with Gasteiger partial charge in [-0.2, -0.15) is 26.3 Å². The van der Waals surface area contributed by atoms with Gasteiger partial charge in [-0.15, -0.1) is 0 Å². The molecule has 2 N–H and O–H groups in total. The number of alkyl halides is 6. The maximum atomic E-state index is 13.8. The summed E-state index contributed by atoms with van der Waals surface area (Å²) >= 11 is 0. The minimum Gasteiger partial charge on any atom is -0.354 e. The van der Waals surface area contributed by atoms with Gasteiger partial charge in [0.25, 0.3) is 0 Å². The first-order valence-electron chi connectivity index (χ1n) is 14.9. The molecule has 0 spiro atoms. The summed E-state index contributed by atoms with van der Waals surface area (Å²) in [4.78, 5) is 9.97. The van der Waals surface area contributed by atoms with Crippen molar-refractivity contribution in [1.82, 2.24) is 14.9 Å². The summed E-state index contributed by atoms with van der Waals surface area (Å²) in [6.07, 6.45) is -7.69. The van der Waals surface area contributed by atoms with E-state index in [4.69, 9.17) is 9.98 Å².